The summed E-state index contributed by atoms with van der Waals surface area (Å²) in [6.07, 6.45) is 1.25. The van der Waals surface area contributed by atoms with E-state index < -0.39 is 5.30 Å². The minimum absolute atomic E-state index is 1.14. The van der Waals surface area contributed by atoms with Crippen LogP contribution < -0.4 is 5.73 Å². The molecule has 0 aromatic rings. The number of hydrogen-bond acceptors (Lipinski definition) is 3. The minimum atomic E-state index is -1.14. The highest BCUT2D eigenvalue weighted by Gasteiger charge is 1.67. The van der Waals surface area contributed by atoms with Crippen LogP contribution in [-0.4, -0.2) is 10.4 Å². The molecular formula is C2H4N2O2S. The topological polar surface area (TPSA) is 87.1 Å². The van der Waals surface area contributed by atoms with Gasteiger partial charge in [0.2, 0.25) is 0 Å². The van der Waals surface area contributed by atoms with Gasteiger partial charge in [-0.05, 0) is 0 Å². The fourth-order valence-electron chi connectivity index (χ4n) is 0. The maximum Gasteiger partial charge on any atom is 0.361 e. The molecule has 5 heteroatoms. The Labute approximate surface area is 46.0 Å². The average Bonchev–Trinajstić information content (AvgIpc) is 1.33. The number of carboxylic acid groups (broad SMARTS) is 1. The minimum Gasteiger partial charge on any atom is -0.473 e. The lowest BCUT2D eigenvalue weighted by Crippen LogP contribution is -1.69. The molecule has 0 radical (unpaired) electrons. The second-order valence-corrected chi connectivity index (χ2v) is 0.794. The van der Waals surface area contributed by atoms with E-state index in [1.807, 2.05) is 0 Å². The van der Waals surface area contributed by atoms with Gasteiger partial charge in [0.25, 0.3) is 0 Å². The lowest BCUT2D eigenvalue weighted by molar-refractivity contribution is 0.222. The van der Waals surface area contributed by atoms with Crippen LogP contribution in [0.4, 0.5) is 4.79 Å². The first-order valence-corrected chi connectivity index (χ1v) is 1.61. The summed E-state index contributed by atoms with van der Waals surface area (Å²) in [7, 11) is 0. The Kier molecular flexibility index (Phi) is 12.0. The first kappa shape index (κ1) is 9.44. The summed E-state index contributed by atoms with van der Waals surface area (Å²) in [5.74, 6) is 0. The van der Waals surface area contributed by atoms with Crippen molar-refractivity contribution in [3.63, 3.8) is 0 Å². The molecule has 0 rings (SSSR count). The third-order valence-corrected chi connectivity index (χ3v) is 0. The Balaban J connectivity index is 0. The molecule has 0 heterocycles. The Bertz CT molecular complexity index is 82.2. The number of carbonyl (C=O) groups is 1. The van der Waals surface area contributed by atoms with Crippen LogP contribution in [0.2, 0.25) is 0 Å². The van der Waals surface area contributed by atoms with Crippen LogP contribution in [0.5, 0.6) is 0 Å². The van der Waals surface area contributed by atoms with E-state index in [4.69, 9.17) is 15.2 Å². The maximum absolute atomic E-state index is 8.86. The third-order valence-electron chi connectivity index (χ3n) is 0. The van der Waals surface area contributed by atoms with Gasteiger partial charge in [0.15, 0.2) is 6.19 Å². The van der Waals surface area contributed by atoms with Crippen LogP contribution in [0.25, 0.3) is 0 Å². The number of nitriles is 1. The molecule has 0 saturated carbocycles. The monoisotopic (exact) mass is 120 g/mol. The Morgan fingerprint density at radius 2 is 2.00 bits per heavy atom. The molecule has 0 bridgehead atoms. The fourth-order valence-corrected chi connectivity index (χ4v) is 0. The number of hydrogen-bond donors (Lipinski definition) is 3. The number of nitrogens with zero attached hydrogens (tertiary/aromatic N) is 1. The molecule has 0 amide bonds. The quantitative estimate of drug-likeness (QED) is 0.239. The van der Waals surface area contributed by atoms with Crippen LogP contribution in [0, 0.1) is 11.5 Å². The van der Waals surface area contributed by atoms with Crippen molar-refractivity contribution in [1.29, 1.82) is 5.26 Å². The molecule has 0 aromatic carbocycles. The van der Waals surface area contributed by atoms with Gasteiger partial charge in [0, 0.05) is 0 Å². The molecule has 0 atom stereocenters. The molecular weight excluding hydrogens is 116 g/mol. The zero-order valence-corrected chi connectivity index (χ0v) is 4.22. The molecule has 0 aliphatic rings. The van der Waals surface area contributed by atoms with E-state index in [0.717, 1.165) is 0 Å². The molecule has 3 N–H and O–H groups in total. The highest BCUT2D eigenvalue weighted by Crippen LogP contribution is 1.66. The zero-order valence-electron chi connectivity index (χ0n) is 3.33. The Hall–Kier alpha value is -0.890. The van der Waals surface area contributed by atoms with Crippen molar-refractivity contribution in [2.45, 2.75) is 0 Å². The van der Waals surface area contributed by atoms with E-state index in [1.165, 1.54) is 6.19 Å². The van der Waals surface area contributed by atoms with E-state index in [0.29, 0.717) is 0 Å². The van der Waals surface area contributed by atoms with Gasteiger partial charge in [-0.25, -0.2) is 4.79 Å². The Morgan fingerprint density at radius 1 is 2.00 bits per heavy atom. The van der Waals surface area contributed by atoms with Crippen LogP contribution in [-0.2, 0) is 0 Å². The van der Waals surface area contributed by atoms with Crippen molar-refractivity contribution in [1.82, 2.24) is 0 Å². The Morgan fingerprint density at radius 3 is 2.00 bits per heavy atom. The highest BCUT2D eigenvalue weighted by molar-refractivity contribution is 7.96. The normalized spacial score (nSPS) is 4.57. The number of rotatable bonds is 0. The lowest BCUT2D eigenvalue weighted by atomic mass is 11.5. The van der Waals surface area contributed by atoms with Gasteiger partial charge in [-0.1, -0.05) is 12.6 Å². The summed E-state index contributed by atoms with van der Waals surface area (Å²) in [6.45, 7) is 0. The molecule has 0 unspecified atom stereocenters. The largest absolute Gasteiger partial charge is 0.473 e. The third kappa shape index (κ3) is 62.4. The van der Waals surface area contributed by atoms with E-state index >= 15 is 0 Å². The van der Waals surface area contributed by atoms with E-state index in [9.17, 15) is 0 Å². The smallest absolute Gasteiger partial charge is 0.361 e. The molecule has 0 aromatic heterocycles. The van der Waals surface area contributed by atoms with Gasteiger partial charge >= 0.3 is 5.30 Å². The maximum atomic E-state index is 8.86. The van der Waals surface area contributed by atoms with Crippen molar-refractivity contribution < 1.29 is 9.90 Å². The summed E-state index contributed by atoms with van der Waals surface area (Å²) in [5, 5.41) is 13.2. The fraction of sp³-hybridized carbons (Fsp3) is 0. The standard InChI is InChI=1S/CH2N2.CH2O2S/c2-1-3;2-1(3)4/h2H2;4H,(H,2,3). The second-order valence-electron chi connectivity index (χ2n) is 0.412. The van der Waals surface area contributed by atoms with Gasteiger partial charge in [-0.2, -0.15) is 5.26 Å². The number of thiol groups is 1. The molecule has 0 saturated heterocycles. The molecule has 0 spiro atoms. The SMILES string of the molecule is N#CN.O=C(O)S. The van der Waals surface area contributed by atoms with Gasteiger partial charge in [-0.15, -0.1) is 0 Å². The predicted molar refractivity (Wildman–Crippen MR) is 26.8 cm³/mol. The summed E-state index contributed by atoms with van der Waals surface area (Å²) >= 11 is 2.88. The van der Waals surface area contributed by atoms with E-state index in [1.54, 1.807) is 0 Å². The molecule has 0 aliphatic heterocycles. The molecule has 7 heavy (non-hydrogen) atoms. The molecule has 0 aliphatic carbocycles. The van der Waals surface area contributed by atoms with E-state index in [-0.39, 0.29) is 0 Å². The first-order chi connectivity index (χ1) is 3.15. The van der Waals surface area contributed by atoms with Gasteiger partial charge in [0.05, 0.1) is 0 Å². The van der Waals surface area contributed by atoms with Gasteiger partial charge < -0.3 is 10.8 Å². The van der Waals surface area contributed by atoms with Crippen LogP contribution in [0.3, 0.4) is 0 Å². The molecule has 0 fully saturated rings. The van der Waals surface area contributed by atoms with Crippen molar-refractivity contribution in [3.05, 3.63) is 0 Å². The van der Waals surface area contributed by atoms with Crippen molar-refractivity contribution in [2.75, 3.05) is 0 Å². The van der Waals surface area contributed by atoms with Crippen LogP contribution >= 0.6 is 12.6 Å². The van der Waals surface area contributed by atoms with Crippen molar-refractivity contribution >= 4 is 17.9 Å². The molecule has 4 nitrogen and oxygen atoms in total. The first-order valence-electron chi connectivity index (χ1n) is 1.16. The summed E-state index contributed by atoms with van der Waals surface area (Å²) in [5.41, 5.74) is 4.15. The van der Waals surface area contributed by atoms with Crippen molar-refractivity contribution in [2.24, 2.45) is 5.73 Å². The second kappa shape index (κ2) is 8.92. The van der Waals surface area contributed by atoms with Crippen LogP contribution in [0.1, 0.15) is 0 Å². The van der Waals surface area contributed by atoms with Crippen molar-refractivity contribution in [3.8, 4) is 6.19 Å². The van der Waals surface area contributed by atoms with Gasteiger partial charge in [-0.3, -0.25) is 0 Å². The lowest BCUT2D eigenvalue weighted by Gasteiger charge is -1.58. The summed E-state index contributed by atoms with van der Waals surface area (Å²) in [6, 6.07) is 0. The zero-order chi connectivity index (χ0) is 6.28. The predicted octanol–water partition coefficient (Wildman–Crippen LogP) is 0.0204. The average molecular weight is 120 g/mol. The highest BCUT2D eigenvalue weighted by atomic mass is 32.1. The van der Waals surface area contributed by atoms with Gasteiger partial charge in [0.1, 0.15) is 0 Å². The molecule has 40 valence electrons. The summed E-state index contributed by atoms with van der Waals surface area (Å²) < 4.78 is 0. The number of nitrogens with two attached hydrogens (primary N) is 1. The van der Waals surface area contributed by atoms with Crippen LogP contribution in [0.15, 0.2) is 0 Å². The van der Waals surface area contributed by atoms with E-state index in [2.05, 4.69) is 18.4 Å². The summed E-state index contributed by atoms with van der Waals surface area (Å²) in [4.78, 5) is 8.86.